The van der Waals surface area contributed by atoms with Gasteiger partial charge in [0, 0.05) is 5.56 Å². The molecule has 15 heavy (non-hydrogen) atoms. The van der Waals surface area contributed by atoms with E-state index in [0.717, 1.165) is 28.1 Å². The molecule has 0 amide bonds. The quantitative estimate of drug-likeness (QED) is 0.723. The van der Waals surface area contributed by atoms with Crippen LogP contribution in [0.15, 0.2) is 24.3 Å². The van der Waals surface area contributed by atoms with Crippen molar-refractivity contribution in [3.8, 4) is 11.3 Å². The first kappa shape index (κ1) is 10.1. The van der Waals surface area contributed by atoms with Gasteiger partial charge < -0.3 is 0 Å². The Kier molecular flexibility index (Phi) is 2.64. The maximum atomic E-state index is 10.9. The Labute approximate surface area is 92.6 Å². The van der Waals surface area contributed by atoms with Crippen LogP contribution in [0.25, 0.3) is 11.3 Å². The first-order chi connectivity index (χ1) is 7.22. The van der Waals surface area contributed by atoms with Gasteiger partial charge in [0.05, 0.1) is 15.6 Å². The number of aryl methyl sites for hydroxylation is 2. The van der Waals surface area contributed by atoms with Crippen molar-refractivity contribution >= 4 is 17.6 Å². The summed E-state index contributed by atoms with van der Waals surface area (Å²) in [4.78, 5) is 16.0. The van der Waals surface area contributed by atoms with Gasteiger partial charge in [-0.2, -0.15) is 0 Å². The third-order valence-corrected chi connectivity index (χ3v) is 3.16. The van der Waals surface area contributed by atoms with E-state index in [-0.39, 0.29) is 0 Å². The Morgan fingerprint density at radius 1 is 1.27 bits per heavy atom. The Bertz CT molecular complexity index is 502. The van der Waals surface area contributed by atoms with Crippen LogP contribution in [0.5, 0.6) is 0 Å². The number of aldehydes is 1. The van der Waals surface area contributed by atoms with Crippen molar-refractivity contribution in [2.45, 2.75) is 13.8 Å². The molecule has 1 heterocycles. The molecular weight excluding hydrogens is 206 g/mol. The van der Waals surface area contributed by atoms with Crippen LogP contribution in [0.2, 0.25) is 0 Å². The van der Waals surface area contributed by atoms with Crippen molar-refractivity contribution in [3.63, 3.8) is 0 Å². The van der Waals surface area contributed by atoms with Crippen LogP contribution in [0.4, 0.5) is 0 Å². The van der Waals surface area contributed by atoms with E-state index in [2.05, 4.69) is 4.98 Å². The van der Waals surface area contributed by atoms with E-state index >= 15 is 0 Å². The van der Waals surface area contributed by atoms with Gasteiger partial charge in [0.15, 0.2) is 6.29 Å². The molecule has 0 unspecified atom stereocenters. The molecule has 0 bridgehead atoms. The monoisotopic (exact) mass is 217 g/mol. The van der Waals surface area contributed by atoms with Crippen LogP contribution in [-0.4, -0.2) is 11.3 Å². The van der Waals surface area contributed by atoms with Crippen molar-refractivity contribution in [1.82, 2.24) is 4.98 Å². The molecule has 0 spiro atoms. The highest BCUT2D eigenvalue weighted by Gasteiger charge is 2.11. The summed E-state index contributed by atoms with van der Waals surface area (Å²) in [5.41, 5.74) is 3.00. The molecule has 0 aliphatic heterocycles. The molecule has 0 aliphatic rings. The molecule has 3 heteroatoms. The summed E-state index contributed by atoms with van der Waals surface area (Å²) in [6.07, 6.45) is 0.881. The molecule has 0 aliphatic carbocycles. The molecule has 2 rings (SSSR count). The first-order valence-corrected chi connectivity index (χ1v) is 5.52. The Hall–Kier alpha value is -1.48. The zero-order chi connectivity index (χ0) is 10.8. The van der Waals surface area contributed by atoms with Crippen LogP contribution < -0.4 is 0 Å². The fraction of sp³-hybridized carbons (Fsp3) is 0.167. The lowest BCUT2D eigenvalue weighted by Gasteiger charge is -2.01. The summed E-state index contributed by atoms with van der Waals surface area (Å²) < 4.78 is 0. The molecule has 2 nitrogen and oxygen atoms in total. The molecular formula is C12H11NOS. The highest BCUT2D eigenvalue weighted by molar-refractivity contribution is 7.13. The number of aromatic nitrogens is 1. The largest absolute Gasteiger partial charge is 0.297 e. The molecule has 76 valence electrons. The molecule has 0 fully saturated rings. The minimum Gasteiger partial charge on any atom is -0.297 e. The fourth-order valence-electron chi connectivity index (χ4n) is 1.55. The molecule has 0 saturated heterocycles. The zero-order valence-electron chi connectivity index (χ0n) is 8.65. The van der Waals surface area contributed by atoms with Gasteiger partial charge in [0.2, 0.25) is 0 Å². The summed E-state index contributed by atoms with van der Waals surface area (Å²) in [6.45, 7) is 3.94. The summed E-state index contributed by atoms with van der Waals surface area (Å²) in [5, 5.41) is 0.926. The Balaban J connectivity index is 2.63. The molecule has 0 radical (unpaired) electrons. The lowest BCUT2D eigenvalue weighted by molar-refractivity contribution is 0.112. The van der Waals surface area contributed by atoms with E-state index < -0.39 is 0 Å². The second-order valence-corrected chi connectivity index (χ2v) is 4.61. The molecule has 1 aromatic heterocycles. The summed E-state index contributed by atoms with van der Waals surface area (Å²) in [7, 11) is 0. The van der Waals surface area contributed by atoms with Crippen LogP contribution in [0.3, 0.4) is 0 Å². The van der Waals surface area contributed by atoms with Crippen molar-refractivity contribution in [2.75, 3.05) is 0 Å². The van der Waals surface area contributed by atoms with Crippen LogP contribution in [0, 0.1) is 13.8 Å². The van der Waals surface area contributed by atoms with Gasteiger partial charge in [-0.05, 0) is 19.4 Å². The Morgan fingerprint density at radius 3 is 2.67 bits per heavy atom. The number of benzene rings is 1. The van der Waals surface area contributed by atoms with E-state index in [1.165, 1.54) is 11.3 Å². The van der Waals surface area contributed by atoms with Crippen molar-refractivity contribution < 1.29 is 4.79 Å². The SMILES string of the molecule is Cc1nc(-c2ccccc2C)c(C=O)s1. The maximum absolute atomic E-state index is 10.9. The van der Waals surface area contributed by atoms with E-state index in [4.69, 9.17) is 0 Å². The molecule has 0 N–H and O–H groups in total. The smallest absolute Gasteiger partial charge is 0.162 e. The third-order valence-electron chi connectivity index (χ3n) is 2.27. The Morgan fingerprint density at radius 2 is 2.00 bits per heavy atom. The average Bonchev–Trinajstić information content (AvgIpc) is 2.60. The van der Waals surface area contributed by atoms with Gasteiger partial charge in [0.1, 0.15) is 0 Å². The lowest BCUT2D eigenvalue weighted by atomic mass is 10.1. The first-order valence-electron chi connectivity index (χ1n) is 4.71. The average molecular weight is 217 g/mol. The van der Waals surface area contributed by atoms with Gasteiger partial charge in [0.25, 0.3) is 0 Å². The molecule has 0 atom stereocenters. The number of hydrogen-bond acceptors (Lipinski definition) is 3. The van der Waals surface area contributed by atoms with E-state index in [1.807, 2.05) is 38.1 Å². The van der Waals surface area contributed by atoms with E-state index in [1.54, 1.807) is 0 Å². The van der Waals surface area contributed by atoms with Crippen molar-refractivity contribution in [2.24, 2.45) is 0 Å². The fourth-order valence-corrected chi connectivity index (χ4v) is 2.31. The predicted molar refractivity (Wildman–Crippen MR) is 62.4 cm³/mol. The minimum atomic E-state index is 0.710. The van der Waals surface area contributed by atoms with Crippen LogP contribution in [-0.2, 0) is 0 Å². The van der Waals surface area contributed by atoms with Gasteiger partial charge in [-0.25, -0.2) is 4.98 Å². The van der Waals surface area contributed by atoms with Crippen LogP contribution >= 0.6 is 11.3 Å². The van der Waals surface area contributed by atoms with Crippen molar-refractivity contribution in [3.05, 3.63) is 39.7 Å². The minimum absolute atomic E-state index is 0.710. The van der Waals surface area contributed by atoms with Gasteiger partial charge in [-0.3, -0.25) is 4.79 Å². The number of thiazole rings is 1. The highest BCUT2D eigenvalue weighted by Crippen LogP contribution is 2.28. The topological polar surface area (TPSA) is 30.0 Å². The van der Waals surface area contributed by atoms with E-state index in [0.29, 0.717) is 4.88 Å². The van der Waals surface area contributed by atoms with Crippen LogP contribution in [0.1, 0.15) is 20.2 Å². The molecule has 1 aromatic carbocycles. The van der Waals surface area contributed by atoms with Crippen molar-refractivity contribution in [1.29, 1.82) is 0 Å². The summed E-state index contributed by atoms with van der Waals surface area (Å²) >= 11 is 1.44. The number of hydrogen-bond donors (Lipinski definition) is 0. The van der Waals surface area contributed by atoms with E-state index in [9.17, 15) is 4.79 Å². The van der Waals surface area contributed by atoms with Gasteiger partial charge in [-0.1, -0.05) is 24.3 Å². The number of rotatable bonds is 2. The second kappa shape index (κ2) is 3.95. The zero-order valence-corrected chi connectivity index (χ0v) is 9.47. The number of nitrogens with zero attached hydrogens (tertiary/aromatic N) is 1. The third kappa shape index (κ3) is 1.83. The number of carbonyl (C=O) groups is 1. The standard InChI is InChI=1S/C12H11NOS/c1-8-5-3-4-6-10(8)12-11(7-14)15-9(2)13-12/h3-7H,1-2H3. The number of carbonyl (C=O) groups excluding carboxylic acids is 1. The second-order valence-electron chi connectivity index (χ2n) is 3.38. The summed E-state index contributed by atoms with van der Waals surface area (Å²) in [6, 6.07) is 7.97. The normalized spacial score (nSPS) is 10.3. The predicted octanol–water partition coefficient (Wildman–Crippen LogP) is 3.24. The summed E-state index contributed by atoms with van der Waals surface area (Å²) in [5.74, 6) is 0. The molecule has 2 aromatic rings. The molecule has 0 saturated carbocycles. The van der Waals surface area contributed by atoms with Gasteiger partial charge in [-0.15, -0.1) is 11.3 Å². The van der Waals surface area contributed by atoms with Gasteiger partial charge >= 0.3 is 0 Å². The highest BCUT2D eigenvalue weighted by atomic mass is 32.1. The lowest BCUT2D eigenvalue weighted by Crippen LogP contribution is -1.86. The maximum Gasteiger partial charge on any atom is 0.162 e.